The van der Waals surface area contributed by atoms with E-state index in [1.165, 1.54) is 12.1 Å². The van der Waals surface area contributed by atoms with Crippen molar-refractivity contribution in [2.24, 2.45) is 5.84 Å². The number of nitrogen functional groups attached to an aromatic ring is 1. The maximum absolute atomic E-state index is 12.9. The van der Waals surface area contributed by atoms with Crippen LogP contribution in [0.1, 0.15) is 28.8 Å². The lowest BCUT2D eigenvalue weighted by atomic mass is 10.0. The van der Waals surface area contributed by atoms with Crippen molar-refractivity contribution >= 4 is 11.6 Å². The molecule has 1 aliphatic heterocycles. The molecule has 2 rings (SSSR count). The fourth-order valence-corrected chi connectivity index (χ4v) is 2.25. The van der Waals surface area contributed by atoms with Gasteiger partial charge in [0.25, 0.3) is 5.91 Å². The molecule has 1 amide bonds. The number of carbonyl (C=O) groups is 1. The fraction of sp³-hybridized carbons (Fsp3) is 0.462. The van der Waals surface area contributed by atoms with Crippen molar-refractivity contribution in [3.8, 4) is 0 Å². The lowest BCUT2D eigenvalue weighted by Gasteiger charge is -2.24. The van der Waals surface area contributed by atoms with Crippen molar-refractivity contribution < 1.29 is 22.7 Å². The first kappa shape index (κ1) is 15.6. The molecule has 1 aromatic rings. The van der Waals surface area contributed by atoms with Gasteiger partial charge in [-0.1, -0.05) is 6.07 Å². The summed E-state index contributed by atoms with van der Waals surface area (Å²) in [5.74, 6) is 4.56. The summed E-state index contributed by atoms with van der Waals surface area (Å²) in [7, 11) is 0. The average Bonchev–Trinajstić information content (AvgIpc) is 2.46. The maximum Gasteiger partial charge on any atom is 0.418 e. The van der Waals surface area contributed by atoms with Gasteiger partial charge >= 0.3 is 6.18 Å². The third-order valence-corrected chi connectivity index (χ3v) is 3.25. The summed E-state index contributed by atoms with van der Waals surface area (Å²) in [6.45, 7) is 0.988. The molecular formula is C13H16F3N3O2. The molecule has 1 atom stereocenters. The van der Waals surface area contributed by atoms with Gasteiger partial charge in [-0.05, 0) is 25.0 Å². The van der Waals surface area contributed by atoms with Gasteiger partial charge < -0.3 is 15.5 Å². The number of hydrazine groups is 1. The molecule has 1 heterocycles. The minimum Gasteiger partial charge on any atom is -0.379 e. The van der Waals surface area contributed by atoms with E-state index in [9.17, 15) is 18.0 Å². The first-order valence-corrected chi connectivity index (χ1v) is 6.49. The third-order valence-electron chi connectivity index (χ3n) is 3.25. The van der Waals surface area contributed by atoms with Gasteiger partial charge in [-0.3, -0.25) is 10.6 Å². The van der Waals surface area contributed by atoms with E-state index in [-0.39, 0.29) is 11.6 Å². The second-order valence-electron chi connectivity index (χ2n) is 4.76. The van der Waals surface area contributed by atoms with Crippen LogP contribution in [-0.4, -0.2) is 25.2 Å². The van der Waals surface area contributed by atoms with Crippen LogP contribution in [0.5, 0.6) is 0 Å². The summed E-state index contributed by atoms with van der Waals surface area (Å²) in [4.78, 5) is 12.1. The number of alkyl halides is 3. The first-order chi connectivity index (χ1) is 9.93. The van der Waals surface area contributed by atoms with E-state index in [4.69, 9.17) is 10.6 Å². The SMILES string of the molecule is NNc1c(C(=O)NC2CCCOC2)cccc1C(F)(F)F. The van der Waals surface area contributed by atoms with Gasteiger partial charge in [-0.15, -0.1) is 0 Å². The molecule has 8 heteroatoms. The number of hydrogen-bond acceptors (Lipinski definition) is 4. The minimum atomic E-state index is -4.59. The van der Waals surface area contributed by atoms with Crippen molar-refractivity contribution in [1.29, 1.82) is 0 Å². The molecule has 5 nitrogen and oxygen atoms in total. The molecule has 0 saturated carbocycles. The van der Waals surface area contributed by atoms with Crippen LogP contribution < -0.4 is 16.6 Å². The summed E-state index contributed by atoms with van der Waals surface area (Å²) in [6, 6.07) is 3.14. The predicted molar refractivity (Wildman–Crippen MR) is 70.6 cm³/mol. The second kappa shape index (κ2) is 6.31. The highest BCUT2D eigenvalue weighted by Crippen LogP contribution is 2.36. The Morgan fingerprint density at radius 2 is 2.14 bits per heavy atom. The monoisotopic (exact) mass is 303 g/mol. The summed E-state index contributed by atoms with van der Waals surface area (Å²) >= 11 is 0. The molecule has 1 saturated heterocycles. The van der Waals surface area contributed by atoms with E-state index >= 15 is 0 Å². The minimum absolute atomic E-state index is 0.141. The Morgan fingerprint density at radius 1 is 1.38 bits per heavy atom. The number of halogens is 3. The summed E-state index contributed by atoms with van der Waals surface area (Å²) in [5, 5.41) is 2.66. The van der Waals surface area contributed by atoms with Crippen molar-refractivity contribution in [3.63, 3.8) is 0 Å². The molecule has 1 aliphatic rings. The van der Waals surface area contributed by atoms with Crippen LogP contribution in [0.4, 0.5) is 18.9 Å². The topological polar surface area (TPSA) is 76.4 Å². The highest BCUT2D eigenvalue weighted by molar-refractivity contribution is 6.00. The quantitative estimate of drug-likeness (QED) is 0.589. The van der Waals surface area contributed by atoms with Crippen LogP contribution in [0, 0.1) is 0 Å². The number of rotatable bonds is 3. The van der Waals surface area contributed by atoms with Crippen LogP contribution in [0.25, 0.3) is 0 Å². The van der Waals surface area contributed by atoms with Crippen LogP contribution in [0.15, 0.2) is 18.2 Å². The van der Waals surface area contributed by atoms with E-state index in [1.807, 2.05) is 5.43 Å². The third kappa shape index (κ3) is 3.64. The summed E-state index contributed by atoms with van der Waals surface area (Å²) < 4.78 is 43.9. The largest absolute Gasteiger partial charge is 0.418 e. The lowest BCUT2D eigenvalue weighted by Crippen LogP contribution is -2.41. The molecule has 0 aromatic heterocycles. The van der Waals surface area contributed by atoms with Gasteiger partial charge in [-0.25, -0.2) is 0 Å². The van der Waals surface area contributed by atoms with Gasteiger partial charge in [0.1, 0.15) is 0 Å². The zero-order valence-electron chi connectivity index (χ0n) is 11.2. The van der Waals surface area contributed by atoms with Crippen LogP contribution in [0.3, 0.4) is 0 Å². The average molecular weight is 303 g/mol. The number of para-hydroxylation sites is 1. The molecule has 21 heavy (non-hydrogen) atoms. The van der Waals surface area contributed by atoms with Crippen molar-refractivity contribution in [2.45, 2.75) is 25.1 Å². The second-order valence-corrected chi connectivity index (χ2v) is 4.76. The molecule has 0 bridgehead atoms. The normalized spacial score (nSPS) is 19.1. The molecule has 1 fully saturated rings. The number of hydrogen-bond donors (Lipinski definition) is 3. The standard InChI is InChI=1S/C13H16F3N3O2/c14-13(15,16)10-5-1-4-9(11(10)19-17)12(20)18-8-3-2-6-21-7-8/h1,4-5,8,19H,2-3,6-7,17H2,(H,18,20). The van der Waals surface area contributed by atoms with Gasteiger partial charge in [0.2, 0.25) is 0 Å². The van der Waals surface area contributed by atoms with E-state index < -0.39 is 23.3 Å². The Bertz CT molecular complexity index is 514. The number of nitrogens with two attached hydrogens (primary N) is 1. The van der Waals surface area contributed by atoms with Gasteiger partial charge in [-0.2, -0.15) is 13.2 Å². The Labute approximate surface area is 119 Å². The smallest absolute Gasteiger partial charge is 0.379 e. The van der Waals surface area contributed by atoms with E-state index in [0.29, 0.717) is 13.2 Å². The Hall–Kier alpha value is -1.80. The highest BCUT2D eigenvalue weighted by Gasteiger charge is 2.35. The molecule has 116 valence electrons. The summed E-state index contributed by atoms with van der Waals surface area (Å²) in [5.41, 5.74) is 0.430. The van der Waals surface area contributed by atoms with Crippen molar-refractivity contribution in [2.75, 3.05) is 18.6 Å². The summed E-state index contributed by atoms with van der Waals surface area (Å²) in [6.07, 6.45) is -3.06. The van der Waals surface area contributed by atoms with Gasteiger partial charge in [0.05, 0.1) is 29.5 Å². The number of amides is 1. The van der Waals surface area contributed by atoms with Crippen LogP contribution in [0.2, 0.25) is 0 Å². The van der Waals surface area contributed by atoms with Gasteiger partial charge in [0.15, 0.2) is 0 Å². The van der Waals surface area contributed by atoms with E-state index in [1.54, 1.807) is 0 Å². The highest BCUT2D eigenvalue weighted by atomic mass is 19.4. The Balaban J connectivity index is 2.24. The molecule has 1 unspecified atom stereocenters. The number of nitrogens with one attached hydrogen (secondary N) is 2. The molecule has 0 spiro atoms. The predicted octanol–water partition coefficient (Wildman–Crippen LogP) is 1.90. The Morgan fingerprint density at radius 3 is 2.71 bits per heavy atom. The van der Waals surface area contributed by atoms with Crippen LogP contribution >= 0.6 is 0 Å². The number of ether oxygens (including phenoxy) is 1. The molecular weight excluding hydrogens is 287 g/mol. The molecule has 1 aromatic carbocycles. The zero-order valence-corrected chi connectivity index (χ0v) is 11.2. The van der Waals surface area contributed by atoms with Crippen molar-refractivity contribution in [1.82, 2.24) is 5.32 Å². The number of carbonyl (C=O) groups excluding carboxylic acids is 1. The molecule has 0 aliphatic carbocycles. The van der Waals surface area contributed by atoms with E-state index in [2.05, 4.69) is 5.32 Å². The van der Waals surface area contributed by atoms with Crippen molar-refractivity contribution in [3.05, 3.63) is 29.3 Å². The Kier molecular flexibility index (Phi) is 4.69. The van der Waals surface area contributed by atoms with Crippen LogP contribution in [-0.2, 0) is 10.9 Å². The number of benzene rings is 1. The lowest BCUT2D eigenvalue weighted by molar-refractivity contribution is -0.137. The fourth-order valence-electron chi connectivity index (χ4n) is 2.25. The molecule has 0 radical (unpaired) electrons. The first-order valence-electron chi connectivity index (χ1n) is 6.49. The van der Waals surface area contributed by atoms with E-state index in [0.717, 1.165) is 18.9 Å². The number of anilines is 1. The maximum atomic E-state index is 12.9. The van der Waals surface area contributed by atoms with Gasteiger partial charge in [0, 0.05) is 6.61 Å². The molecule has 4 N–H and O–H groups in total. The zero-order chi connectivity index (χ0) is 15.5.